The van der Waals surface area contributed by atoms with Crippen LogP contribution < -0.4 is 9.80 Å². The van der Waals surface area contributed by atoms with Gasteiger partial charge in [-0.2, -0.15) is 0 Å². The predicted molar refractivity (Wildman–Crippen MR) is 263 cm³/mol. The van der Waals surface area contributed by atoms with Crippen molar-refractivity contribution in [3.63, 3.8) is 0 Å². The van der Waals surface area contributed by atoms with Crippen LogP contribution in [0.5, 0.6) is 0 Å². The monoisotopic (exact) mass is 784 g/mol. The number of anilines is 6. The fraction of sp³-hybridized carbons (Fsp3) is 0.207. The Balaban J connectivity index is 1.13. The predicted octanol–water partition coefficient (Wildman–Crippen LogP) is 16.7. The molecule has 0 saturated carbocycles. The average molecular weight is 785 g/mol. The van der Waals surface area contributed by atoms with Crippen molar-refractivity contribution in [1.29, 1.82) is 0 Å². The van der Waals surface area contributed by atoms with Gasteiger partial charge in [-0.15, -0.1) is 0 Å². The first-order valence-electron chi connectivity index (χ1n) is 21.2. The topological polar surface area (TPSA) is 6.48 Å². The van der Waals surface area contributed by atoms with Gasteiger partial charge in [-0.1, -0.05) is 72.8 Å². The second-order valence-corrected chi connectivity index (χ2v) is 17.4. The molecule has 7 aromatic carbocycles. The van der Waals surface area contributed by atoms with Crippen molar-refractivity contribution in [3.05, 3.63) is 210 Å². The van der Waals surface area contributed by atoms with Crippen molar-refractivity contribution >= 4 is 58.4 Å². The van der Waals surface area contributed by atoms with Crippen LogP contribution in [0.4, 0.5) is 34.1 Å². The van der Waals surface area contributed by atoms with Crippen molar-refractivity contribution in [2.24, 2.45) is 0 Å². The van der Waals surface area contributed by atoms with Crippen LogP contribution in [0.3, 0.4) is 0 Å². The van der Waals surface area contributed by atoms with E-state index in [0.29, 0.717) is 0 Å². The van der Waals surface area contributed by atoms with Gasteiger partial charge in [0.15, 0.2) is 0 Å². The summed E-state index contributed by atoms with van der Waals surface area (Å²) in [6.45, 7) is 26.3. The Morgan fingerprint density at radius 2 is 0.450 bits per heavy atom. The Bertz CT molecular complexity index is 2360. The molecule has 0 amide bonds. The fourth-order valence-corrected chi connectivity index (χ4v) is 8.98. The lowest BCUT2D eigenvalue weighted by molar-refractivity contribution is 1.21. The lowest BCUT2D eigenvalue weighted by Crippen LogP contribution is -2.12. The molecule has 7 rings (SSSR count). The van der Waals surface area contributed by atoms with Gasteiger partial charge in [0.2, 0.25) is 0 Å². The molecule has 302 valence electrons. The molecule has 0 aliphatic rings. The largest absolute Gasteiger partial charge is 0.310 e. The van der Waals surface area contributed by atoms with E-state index in [2.05, 4.69) is 239 Å². The van der Waals surface area contributed by atoms with Gasteiger partial charge >= 0.3 is 0 Å². The third-order valence-corrected chi connectivity index (χ3v) is 11.4. The second-order valence-electron chi connectivity index (χ2n) is 17.4. The number of hydrogen-bond acceptors (Lipinski definition) is 2. The number of nitrogens with zero attached hydrogens (tertiary/aromatic N) is 2. The third kappa shape index (κ3) is 9.56. The van der Waals surface area contributed by atoms with Crippen molar-refractivity contribution in [1.82, 2.24) is 0 Å². The molecule has 0 atom stereocenters. The molecule has 0 unspecified atom stereocenters. The Morgan fingerprint density at radius 1 is 0.250 bits per heavy atom. The summed E-state index contributed by atoms with van der Waals surface area (Å²) in [5.41, 5.74) is 27.1. The molecule has 2 nitrogen and oxygen atoms in total. The average Bonchev–Trinajstić information content (AvgIpc) is 3.13. The Kier molecular flexibility index (Phi) is 12.2. The number of hydrogen-bond donors (Lipinski definition) is 0. The summed E-state index contributed by atoms with van der Waals surface area (Å²) in [5.74, 6) is 0. The lowest BCUT2D eigenvalue weighted by atomic mass is 9.98. The highest BCUT2D eigenvalue weighted by Gasteiger charge is 2.18. The van der Waals surface area contributed by atoms with Crippen molar-refractivity contribution in [2.45, 2.75) is 83.1 Å². The lowest BCUT2D eigenvalue weighted by Gasteiger charge is -2.28. The molecule has 0 aliphatic heterocycles. The standard InChI is InChI=1S/C58H60N2/c1-37-21-38(2)26-51(25-37)59(52-27-39(3)22-40(4)28-52)55-33-45(9)57(46(10)34-55)19-17-49-13-15-50(16-14-49)18-20-58-47(11)35-56(36-48(58)12)60(53-29-41(5)23-42(6)30-53)54-31-43(7)24-44(8)32-54/h13-36H,1-12H3. The van der Waals surface area contributed by atoms with E-state index in [0.717, 1.165) is 0 Å². The zero-order valence-corrected chi connectivity index (χ0v) is 37.8. The molecule has 0 aliphatic carbocycles. The highest BCUT2D eigenvalue weighted by molar-refractivity contribution is 5.83. The van der Waals surface area contributed by atoms with Gasteiger partial charge in [-0.3, -0.25) is 0 Å². The van der Waals surface area contributed by atoms with Crippen molar-refractivity contribution in [3.8, 4) is 0 Å². The van der Waals surface area contributed by atoms with E-state index < -0.39 is 0 Å². The van der Waals surface area contributed by atoms with Crippen LogP contribution in [0.15, 0.2) is 121 Å². The number of benzene rings is 7. The van der Waals surface area contributed by atoms with E-state index >= 15 is 0 Å². The van der Waals surface area contributed by atoms with E-state index in [4.69, 9.17) is 0 Å². The fourth-order valence-electron chi connectivity index (χ4n) is 8.98. The quantitative estimate of drug-likeness (QED) is 0.127. The molecule has 7 aromatic rings. The van der Waals surface area contributed by atoms with E-state index in [9.17, 15) is 0 Å². The van der Waals surface area contributed by atoms with Gasteiger partial charge in [0.05, 0.1) is 0 Å². The SMILES string of the molecule is Cc1cc(C)cc(N(c2cc(C)cc(C)c2)c2cc(C)c(C=Cc3ccc(C=Cc4c(C)cc(N(c5cc(C)cc(C)c5)c5cc(C)cc(C)c5)cc4C)cc3)c(C)c2)c1. The number of rotatable bonds is 10. The van der Waals surface area contributed by atoms with Crippen LogP contribution >= 0.6 is 0 Å². The Morgan fingerprint density at radius 3 is 0.667 bits per heavy atom. The minimum Gasteiger partial charge on any atom is -0.310 e. The molecule has 0 saturated heterocycles. The maximum Gasteiger partial charge on any atom is 0.0467 e. The Labute approximate surface area is 360 Å². The summed E-state index contributed by atoms with van der Waals surface area (Å²) in [7, 11) is 0. The minimum atomic E-state index is 1.17. The van der Waals surface area contributed by atoms with Crippen LogP contribution in [0.1, 0.15) is 89.0 Å². The van der Waals surface area contributed by atoms with E-state index in [-0.39, 0.29) is 0 Å². The van der Waals surface area contributed by atoms with E-state index in [1.54, 1.807) is 0 Å². The molecule has 0 heterocycles. The summed E-state index contributed by atoms with van der Waals surface area (Å²) in [4.78, 5) is 4.81. The summed E-state index contributed by atoms with van der Waals surface area (Å²) >= 11 is 0. The van der Waals surface area contributed by atoms with Crippen LogP contribution in [0, 0.1) is 83.1 Å². The van der Waals surface area contributed by atoms with Gasteiger partial charge in [0.1, 0.15) is 0 Å². The number of aryl methyl sites for hydroxylation is 12. The summed E-state index contributed by atoms with van der Waals surface area (Å²) < 4.78 is 0. The first-order chi connectivity index (χ1) is 28.6. The molecule has 60 heavy (non-hydrogen) atoms. The van der Waals surface area contributed by atoms with Gasteiger partial charge in [-0.25, -0.2) is 0 Å². The van der Waals surface area contributed by atoms with Gasteiger partial charge in [0, 0.05) is 34.1 Å². The van der Waals surface area contributed by atoms with E-state index in [1.807, 2.05) is 0 Å². The maximum atomic E-state index is 2.41. The molecule has 0 N–H and O–H groups in total. The molecule has 0 fully saturated rings. The van der Waals surface area contributed by atoms with Crippen LogP contribution in [-0.4, -0.2) is 0 Å². The van der Waals surface area contributed by atoms with Crippen LogP contribution in [0.25, 0.3) is 24.3 Å². The molecule has 2 heteroatoms. The summed E-state index contributed by atoms with van der Waals surface area (Å²) in [5, 5.41) is 0. The molecular weight excluding hydrogens is 725 g/mol. The third-order valence-electron chi connectivity index (χ3n) is 11.4. The van der Waals surface area contributed by atoms with Gasteiger partial charge in [0.25, 0.3) is 0 Å². The molecule has 0 bridgehead atoms. The van der Waals surface area contributed by atoms with Crippen LogP contribution in [-0.2, 0) is 0 Å². The van der Waals surface area contributed by atoms with E-state index in [1.165, 1.54) is 123 Å². The molecular formula is C58H60N2. The highest BCUT2D eigenvalue weighted by Crippen LogP contribution is 2.40. The van der Waals surface area contributed by atoms with Crippen molar-refractivity contribution < 1.29 is 0 Å². The zero-order chi connectivity index (χ0) is 42.8. The second kappa shape index (κ2) is 17.5. The summed E-state index contributed by atoms with van der Waals surface area (Å²) in [6.07, 6.45) is 9.01. The zero-order valence-electron chi connectivity index (χ0n) is 37.8. The maximum absolute atomic E-state index is 2.41. The highest BCUT2D eigenvalue weighted by atomic mass is 15.1. The molecule has 0 aromatic heterocycles. The Hall–Kier alpha value is -6.38. The molecule has 0 spiro atoms. The minimum absolute atomic E-state index is 1.17. The normalized spacial score (nSPS) is 11.5. The van der Waals surface area contributed by atoms with Gasteiger partial charge < -0.3 is 9.80 Å². The smallest absolute Gasteiger partial charge is 0.0467 e. The summed E-state index contributed by atoms with van der Waals surface area (Å²) in [6, 6.07) is 45.4. The van der Waals surface area contributed by atoms with Gasteiger partial charge in [-0.05, 0) is 245 Å². The van der Waals surface area contributed by atoms with Crippen molar-refractivity contribution in [2.75, 3.05) is 9.80 Å². The molecule has 0 radical (unpaired) electrons. The first-order valence-corrected chi connectivity index (χ1v) is 21.2. The van der Waals surface area contributed by atoms with Crippen LogP contribution in [0.2, 0.25) is 0 Å². The first kappa shape index (κ1) is 41.8.